The van der Waals surface area contributed by atoms with Gasteiger partial charge in [0.15, 0.2) is 0 Å². The van der Waals surface area contributed by atoms with E-state index in [0.717, 1.165) is 17.7 Å². The largest absolute Gasteiger partial charge is 0.493 e. The number of alkyl halides is 2. The topological polar surface area (TPSA) is 21.3 Å². The number of nitrogens with one attached hydrogen (secondary N) is 1. The van der Waals surface area contributed by atoms with E-state index in [0.29, 0.717) is 6.61 Å². The van der Waals surface area contributed by atoms with Gasteiger partial charge in [0.05, 0.1) is 13.2 Å². The molecule has 15 heavy (non-hydrogen) atoms. The van der Waals surface area contributed by atoms with E-state index in [2.05, 4.69) is 5.32 Å². The summed E-state index contributed by atoms with van der Waals surface area (Å²) in [7, 11) is 1.52. The van der Waals surface area contributed by atoms with Gasteiger partial charge in [-0.3, -0.25) is 0 Å². The zero-order valence-corrected chi connectivity index (χ0v) is 8.52. The van der Waals surface area contributed by atoms with Crippen molar-refractivity contribution in [3.05, 3.63) is 29.3 Å². The van der Waals surface area contributed by atoms with Crippen LogP contribution < -0.4 is 10.1 Å². The van der Waals surface area contributed by atoms with Gasteiger partial charge < -0.3 is 10.1 Å². The summed E-state index contributed by atoms with van der Waals surface area (Å²) in [6.07, 6.45) is 0.721. The molecule has 0 saturated heterocycles. The van der Waals surface area contributed by atoms with Gasteiger partial charge in [-0.05, 0) is 30.8 Å². The number of likely N-dealkylation sites (N-methyl/N-ethyl adjacent to an activating group) is 1. The van der Waals surface area contributed by atoms with Crippen molar-refractivity contribution in [3.8, 4) is 5.75 Å². The molecule has 0 fully saturated rings. The second-order valence-electron chi connectivity index (χ2n) is 3.66. The van der Waals surface area contributed by atoms with E-state index in [4.69, 9.17) is 4.74 Å². The SMILES string of the molecule is CNCC(F)(F)c1ccc2c(c1)CCO2. The highest BCUT2D eigenvalue weighted by Crippen LogP contribution is 2.33. The zero-order chi connectivity index (χ0) is 10.9. The Balaban J connectivity index is 2.29. The number of hydrogen-bond acceptors (Lipinski definition) is 2. The van der Waals surface area contributed by atoms with E-state index in [9.17, 15) is 8.78 Å². The maximum absolute atomic E-state index is 13.5. The predicted molar refractivity (Wildman–Crippen MR) is 53.5 cm³/mol. The number of ether oxygens (including phenoxy) is 1. The molecule has 1 aromatic rings. The average Bonchev–Trinajstić information content (AvgIpc) is 2.63. The van der Waals surface area contributed by atoms with Crippen LogP contribution in [-0.2, 0) is 12.3 Å². The van der Waals surface area contributed by atoms with Crippen molar-refractivity contribution in [2.75, 3.05) is 20.2 Å². The van der Waals surface area contributed by atoms with E-state index < -0.39 is 5.92 Å². The molecule has 0 unspecified atom stereocenters. The number of halogens is 2. The first-order valence-electron chi connectivity index (χ1n) is 4.92. The highest BCUT2D eigenvalue weighted by atomic mass is 19.3. The molecule has 1 aliphatic rings. The molecule has 1 N–H and O–H groups in total. The summed E-state index contributed by atoms with van der Waals surface area (Å²) >= 11 is 0. The molecule has 0 radical (unpaired) electrons. The molecule has 82 valence electrons. The third-order valence-corrected chi connectivity index (χ3v) is 2.51. The average molecular weight is 213 g/mol. The lowest BCUT2D eigenvalue weighted by Gasteiger charge is -2.16. The molecular weight excluding hydrogens is 200 g/mol. The summed E-state index contributed by atoms with van der Waals surface area (Å²) in [6, 6.07) is 4.60. The Labute approximate surface area is 87.2 Å². The number of rotatable bonds is 3. The first kappa shape index (κ1) is 10.4. The van der Waals surface area contributed by atoms with Crippen LogP contribution in [0, 0.1) is 0 Å². The third-order valence-electron chi connectivity index (χ3n) is 2.51. The second-order valence-corrected chi connectivity index (χ2v) is 3.66. The molecule has 2 rings (SSSR count). The van der Waals surface area contributed by atoms with Gasteiger partial charge in [0.2, 0.25) is 0 Å². The fraction of sp³-hybridized carbons (Fsp3) is 0.455. The Morgan fingerprint density at radius 2 is 2.27 bits per heavy atom. The van der Waals surface area contributed by atoms with Gasteiger partial charge in [-0.25, -0.2) is 0 Å². The van der Waals surface area contributed by atoms with Crippen LogP contribution in [-0.4, -0.2) is 20.2 Å². The van der Waals surface area contributed by atoms with Crippen LogP contribution in [0.3, 0.4) is 0 Å². The highest BCUT2D eigenvalue weighted by Gasteiger charge is 2.31. The van der Waals surface area contributed by atoms with Gasteiger partial charge in [0, 0.05) is 12.0 Å². The smallest absolute Gasteiger partial charge is 0.285 e. The third kappa shape index (κ3) is 1.95. The van der Waals surface area contributed by atoms with Gasteiger partial charge in [-0.15, -0.1) is 0 Å². The lowest BCUT2D eigenvalue weighted by atomic mass is 10.0. The summed E-state index contributed by atoms with van der Waals surface area (Å²) in [5.74, 6) is -2.08. The summed E-state index contributed by atoms with van der Waals surface area (Å²) < 4.78 is 32.3. The van der Waals surface area contributed by atoms with Crippen LogP contribution >= 0.6 is 0 Å². The van der Waals surface area contributed by atoms with Crippen LogP contribution in [0.5, 0.6) is 5.75 Å². The summed E-state index contributed by atoms with van der Waals surface area (Å²) in [5.41, 5.74) is 0.935. The monoisotopic (exact) mass is 213 g/mol. The molecule has 0 saturated carbocycles. The van der Waals surface area contributed by atoms with E-state index in [-0.39, 0.29) is 12.1 Å². The van der Waals surface area contributed by atoms with Crippen molar-refractivity contribution < 1.29 is 13.5 Å². The molecule has 1 aromatic carbocycles. The lowest BCUT2D eigenvalue weighted by molar-refractivity contribution is -0.00131. The maximum atomic E-state index is 13.5. The Morgan fingerprint density at radius 3 is 3.00 bits per heavy atom. The van der Waals surface area contributed by atoms with Gasteiger partial charge in [-0.2, -0.15) is 8.78 Å². The van der Waals surface area contributed by atoms with Gasteiger partial charge in [0.1, 0.15) is 5.75 Å². The number of hydrogen-bond donors (Lipinski definition) is 1. The minimum Gasteiger partial charge on any atom is -0.493 e. The van der Waals surface area contributed by atoms with Crippen molar-refractivity contribution >= 4 is 0 Å². The molecule has 0 bridgehead atoms. The van der Waals surface area contributed by atoms with Crippen molar-refractivity contribution in [2.45, 2.75) is 12.3 Å². The molecule has 0 amide bonds. The first-order chi connectivity index (χ1) is 7.13. The molecule has 4 heteroatoms. The van der Waals surface area contributed by atoms with Gasteiger partial charge >= 0.3 is 0 Å². The molecule has 1 aliphatic heterocycles. The van der Waals surface area contributed by atoms with Crippen LogP contribution in [0.25, 0.3) is 0 Å². The fourth-order valence-corrected chi connectivity index (χ4v) is 1.74. The van der Waals surface area contributed by atoms with Crippen molar-refractivity contribution in [2.24, 2.45) is 0 Å². The van der Waals surface area contributed by atoms with E-state index in [1.807, 2.05) is 0 Å². The Kier molecular flexibility index (Phi) is 2.61. The molecule has 2 nitrogen and oxygen atoms in total. The molecule has 0 aliphatic carbocycles. The summed E-state index contributed by atoms with van der Waals surface area (Å²) in [4.78, 5) is 0. The number of benzene rings is 1. The molecule has 0 spiro atoms. The highest BCUT2D eigenvalue weighted by molar-refractivity contribution is 5.41. The van der Waals surface area contributed by atoms with Crippen molar-refractivity contribution in [1.82, 2.24) is 5.32 Å². The van der Waals surface area contributed by atoms with E-state index >= 15 is 0 Å². The van der Waals surface area contributed by atoms with Crippen LogP contribution in [0.2, 0.25) is 0 Å². The van der Waals surface area contributed by atoms with Crippen LogP contribution in [0.1, 0.15) is 11.1 Å². The molecule has 0 atom stereocenters. The lowest BCUT2D eigenvalue weighted by Crippen LogP contribution is -2.28. The zero-order valence-electron chi connectivity index (χ0n) is 8.52. The van der Waals surface area contributed by atoms with Crippen molar-refractivity contribution in [3.63, 3.8) is 0 Å². The van der Waals surface area contributed by atoms with Crippen molar-refractivity contribution in [1.29, 1.82) is 0 Å². The second kappa shape index (κ2) is 3.77. The van der Waals surface area contributed by atoms with Crippen LogP contribution in [0.4, 0.5) is 8.78 Å². The summed E-state index contributed by atoms with van der Waals surface area (Å²) in [5, 5.41) is 2.49. The first-order valence-corrected chi connectivity index (χ1v) is 4.92. The number of fused-ring (bicyclic) bond motifs is 1. The maximum Gasteiger partial charge on any atom is 0.285 e. The van der Waals surface area contributed by atoms with E-state index in [1.54, 1.807) is 12.1 Å². The van der Waals surface area contributed by atoms with Crippen LogP contribution in [0.15, 0.2) is 18.2 Å². The van der Waals surface area contributed by atoms with Gasteiger partial charge in [0.25, 0.3) is 5.92 Å². The van der Waals surface area contributed by atoms with Gasteiger partial charge in [-0.1, -0.05) is 0 Å². The molecule has 0 aromatic heterocycles. The Morgan fingerprint density at radius 1 is 1.47 bits per heavy atom. The summed E-state index contributed by atoms with van der Waals surface area (Å²) in [6.45, 7) is 0.253. The molecular formula is C11H13F2NO. The fourth-order valence-electron chi connectivity index (χ4n) is 1.74. The minimum atomic E-state index is -2.81. The standard InChI is InChI=1S/C11H13F2NO/c1-14-7-11(12,13)9-2-3-10-8(6-9)4-5-15-10/h2-3,6,14H,4-5,7H2,1H3. The Hall–Kier alpha value is -1.16. The Bertz CT molecular complexity index is 366. The quantitative estimate of drug-likeness (QED) is 0.828. The predicted octanol–water partition coefficient (Wildman–Crippen LogP) is 1.93. The normalized spacial score (nSPS) is 14.9. The molecule has 1 heterocycles. The van der Waals surface area contributed by atoms with E-state index in [1.165, 1.54) is 13.1 Å². The minimum absolute atomic E-state index is 0.0566.